The molecule has 0 saturated carbocycles. The number of aliphatic hydroxyl groups excluding tert-OH is 1. The molecule has 0 aliphatic carbocycles. The molecule has 0 amide bonds. The molecule has 0 spiro atoms. The third kappa shape index (κ3) is 4.10. The molecule has 0 unspecified atom stereocenters. The van der Waals surface area contributed by atoms with Crippen molar-refractivity contribution >= 4 is 14.3 Å². The summed E-state index contributed by atoms with van der Waals surface area (Å²) >= 11 is 0. The molecule has 0 aromatic carbocycles. The summed E-state index contributed by atoms with van der Waals surface area (Å²) in [5, 5.41) is 8.74. The van der Waals surface area contributed by atoms with Gasteiger partial charge in [-0.1, -0.05) is 41.5 Å². The maximum atomic E-state index is 11.8. The van der Waals surface area contributed by atoms with E-state index in [0.717, 1.165) is 0 Å². The van der Waals surface area contributed by atoms with Crippen molar-refractivity contribution in [1.29, 1.82) is 0 Å². The molecule has 4 heteroatoms. The standard InChI is InChI=1S/C13H28O3Si/c1-10(2)17(11(3)4,12(5)6)16-13(15)8-7-9-14/h10-12,14H,7-9H2,1-6H3. The van der Waals surface area contributed by atoms with Crippen molar-refractivity contribution in [2.75, 3.05) is 6.61 Å². The predicted octanol–water partition coefficient (Wildman–Crippen LogP) is 3.48. The molecule has 102 valence electrons. The Kier molecular flexibility index (Phi) is 7.01. The molecule has 0 aromatic rings. The second-order valence-electron chi connectivity index (χ2n) is 5.62. The summed E-state index contributed by atoms with van der Waals surface area (Å²) in [6.45, 7) is 13.0. The smallest absolute Gasteiger partial charge is 0.292 e. The Balaban J connectivity index is 4.87. The number of carbonyl (C=O) groups is 1. The van der Waals surface area contributed by atoms with Gasteiger partial charge in [-0.05, 0) is 23.0 Å². The van der Waals surface area contributed by atoms with Crippen LogP contribution in [-0.4, -0.2) is 26.0 Å². The molecule has 0 aliphatic rings. The van der Waals surface area contributed by atoms with Crippen LogP contribution in [0.15, 0.2) is 0 Å². The minimum atomic E-state index is -2.07. The Labute approximate surface area is 107 Å². The number of aliphatic hydroxyl groups is 1. The van der Waals surface area contributed by atoms with Gasteiger partial charge in [-0.2, -0.15) is 0 Å². The first kappa shape index (κ1) is 16.6. The maximum Gasteiger partial charge on any atom is 0.292 e. The summed E-state index contributed by atoms with van der Waals surface area (Å²) in [6.07, 6.45) is 0.828. The van der Waals surface area contributed by atoms with Gasteiger partial charge in [-0.25, -0.2) is 0 Å². The summed E-state index contributed by atoms with van der Waals surface area (Å²) in [5.74, 6) is -0.137. The van der Waals surface area contributed by atoms with Gasteiger partial charge in [-0.15, -0.1) is 0 Å². The Bertz CT molecular complexity index is 215. The van der Waals surface area contributed by atoms with Gasteiger partial charge in [0.2, 0.25) is 0 Å². The molecular formula is C13H28O3Si. The fraction of sp³-hybridized carbons (Fsp3) is 0.923. The molecule has 3 nitrogen and oxygen atoms in total. The molecule has 0 saturated heterocycles. The van der Waals surface area contributed by atoms with Crippen LogP contribution in [0.3, 0.4) is 0 Å². The molecule has 0 bridgehead atoms. The monoisotopic (exact) mass is 260 g/mol. The molecule has 0 fully saturated rings. The van der Waals surface area contributed by atoms with Crippen LogP contribution in [0, 0.1) is 0 Å². The van der Waals surface area contributed by atoms with Gasteiger partial charge in [0.05, 0.1) is 0 Å². The second-order valence-corrected chi connectivity index (χ2v) is 11.0. The molecule has 17 heavy (non-hydrogen) atoms. The highest BCUT2D eigenvalue weighted by atomic mass is 28.4. The quantitative estimate of drug-likeness (QED) is 0.713. The zero-order valence-electron chi connectivity index (χ0n) is 12.1. The highest BCUT2D eigenvalue weighted by Crippen LogP contribution is 2.42. The molecule has 0 heterocycles. The summed E-state index contributed by atoms with van der Waals surface area (Å²) in [4.78, 5) is 11.8. The van der Waals surface area contributed by atoms with Gasteiger partial charge in [0.25, 0.3) is 14.3 Å². The first-order valence-electron chi connectivity index (χ1n) is 6.61. The SMILES string of the molecule is CC(C)[Si](OC(=O)CCCO)(C(C)C)C(C)C. The van der Waals surface area contributed by atoms with E-state index >= 15 is 0 Å². The average molecular weight is 260 g/mol. The lowest BCUT2D eigenvalue weighted by Gasteiger charge is -2.41. The van der Waals surface area contributed by atoms with E-state index in [1.54, 1.807) is 0 Å². The van der Waals surface area contributed by atoms with Crippen molar-refractivity contribution in [2.45, 2.75) is 71.0 Å². The van der Waals surface area contributed by atoms with Crippen molar-refractivity contribution in [3.63, 3.8) is 0 Å². The van der Waals surface area contributed by atoms with Gasteiger partial charge in [0.15, 0.2) is 0 Å². The Morgan fingerprint density at radius 2 is 1.47 bits per heavy atom. The van der Waals surface area contributed by atoms with Gasteiger partial charge < -0.3 is 9.53 Å². The maximum absolute atomic E-state index is 11.8. The predicted molar refractivity (Wildman–Crippen MR) is 73.5 cm³/mol. The highest BCUT2D eigenvalue weighted by molar-refractivity contribution is 6.78. The fourth-order valence-corrected chi connectivity index (χ4v) is 8.03. The number of hydrogen-bond acceptors (Lipinski definition) is 3. The fourth-order valence-electron chi connectivity index (χ4n) is 2.83. The topological polar surface area (TPSA) is 46.5 Å². The molecule has 0 atom stereocenters. The minimum Gasteiger partial charge on any atom is -0.518 e. The van der Waals surface area contributed by atoms with Crippen molar-refractivity contribution in [2.24, 2.45) is 0 Å². The van der Waals surface area contributed by atoms with Crippen LogP contribution < -0.4 is 0 Å². The first-order valence-corrected chi connectivity index (χ1v) is 8.75. The summed E-state index contributed by atoms with van der Waals surface area (Å²) in [5.41, 5.74) is 1.25. The van der Waals surface area contributed by atoms with Gasteiger partial charge in [-0.3, -0.25) is 4.79 Å². The molecule has 1 N–H and O–H groups in total. The number of rotatable bonds is 7. The summed E-state index contributed by atoms with van der Waals surface area (Å²) in [6, 6.07) is 0. The van der Waals surface area contributed by atoms with Crippen molar-refractivity contribution in [3.8, 4) is 0 Å². The summed E-state index contributed by atoms with van der Waals surface area (Å²) < 4.78 is 5.91. The van der Waals surface area contributed by atoms with E-state index in [0.29, 0.717) is 29.5 Å². The van der Waals surface area contributed by atoms with E-state index in [9.17, 15) is 4.79 Å². The summed E-state index contributed by atoms with van der Waals surface area (Å²) in [7, 11) is -2.07. The van der Waals surface area contributed by atoms with Gasteiger partial charge >= 0.3 is 0 Å². The average Bonchev–Trinajstić information content (AvgIpc) is 2.21. The lowest BCUT2D eigenvalue weighted by Crippen LogP contribution is -2.49. The van der Waals surface area contributed by atoms with E-state index in [-0.39, 0.29) is 12.6 Å². The van der Waals surface area contributed by atoms with E-state index in [1.165, 1.54) is 0 Å². The molecule has 0 aliphatic heterocycles. The van der Waals surface area contributed by atoms with Crippen molar-refractivity contribution < 1.29 is 14.3 Å². The third-order valence-corrected chi connectivity index (χ3v) is 9.53. The van der Waals surface area contributed by atoms with Crippen LogP contribution >= 0.6 is 0 Å². The van der Waals surface area contributed by atoms with Crippen molar-refractivity contribution in [3.05, 3.63) is 0 Å². The van der Waals surface area contributed by atoms with Crippen LogP contribution in [0.25, 0.3) is 0 Å². The second kappa shape index (κ2) is 7.16. The van der Waals surface area contributed by atoms with E-state index in [1.807, 2.05) is 0 Å². The third-order valence-electron chi connectivity index (χ3n) is 3.54. The Morgan fingerprint density at radius 3 is 1.76 bits per heavy atom. The highest BCUT2D eigenvalue weighted by Gasteiger charge is 2.47. The van der Waals surface area contributed by atoms with Crippen molar-refractivity contribution in [1.82, 2.24) is 0 Å². The molecule has 0 radical (unpaired) electrons. The Morgan fingerprint density at radius 1 is 1.06 bits per heavy atom. The zero-order chi connectivity index (χ0) is 13.6. The van der Waals surface area contributed by atoms with Crippen LogP contribution in [0.2, 0.25) is 16.6 Å². The molecular weight excluding hydrogens is 232 g/mol. The zero-order valence-corrected chi connectivity index (χ0v) is 13.1. The lowest BCUT2D eigenvalue weighted by molar-refractivity contribution is -0.136. The first-order chi connectivity index (χ1) is 7.78. The normalized spacial score (nSPS) is 12.6. The number of hydrogen-bond donors (Lipinski definition) is 1. The largest absolute Gasteiger partial charge is 0.518 e. The lowest BCUT2D eigenvalue weighted by atomic mass is 10.3. The van der Waals surface area contributed by atoms with E-state index in [2.05, 4.69) is 41.5 Å². The van der Waals surface area contributed by atoms with E-state index < -0.39 is 8.32 Å². The number of carbonyl (C=O) groups excluding carboxylic acids is 1. The Hall–Kier alpha value is -0.353. The van der Waals surface area contributed by atoms with Gasteiger partial charge in [0.1, 0.15) is 0 Å². The minimum absolute atomic E-state index is 0.0503. The van der Waals surface area contributed by atoms with Crippen LogP contribution in [0.4, 0.5) is 0 Å². The molecule has 0 aromatic heterocycles. The van der Waals surface area contributed by atoms with Crippen LogP contribution in [-0.2, 0) is 9.22 Å². The molecule has 0 rings (SSSR count). The van der Waals surface area contributed by atoms with Crippen LogP contribution in [0.1, 0.15) is 54.4 Å². The van der Waals surface area contributed by atoms with Gasteiger partial charge in [0, 0.05) is 13.0 Å². The van der Waals surface area contributed by atoms with Crippen LogP contribution in [0.5, 0.6) is 0 Å². The van der Waals surface area contributed by atoms with E-state index in [4.69, 9.17) is 9.53 Å².